The molecule has 1 atom stereocenters. The van der Waals surface area contributed by atoms with Crippen LogP contribution in [-0.2, 0) is 0 Å². The largest absolute Gasteiger partial charge is 0.431 e. The van der Waals surface area contributed by atoms with Crippen LogP contribution in [0.25, 0.3) is 22.7 Å². The van der Waals surface area contributed by atoms with Crippen molar-refractivity contribution in [2.45, 2.75) is 77.8 Å². The molecule has 1 aromatic carbocycles. The summed E-state index contributed by atoms with van der Waals surface area (Å²) < 4.78 is 5.74. The van der Waals surface area contributed by atoms with E-state index in [0.29, 0.717) is 23.2 Å². The maximum atomic E-state index is 12.8. The van der Waals surface area contributed by atoms with E-state index in [4.69, 9.17) is 4.42 Å². The number of oxazole rings is 1. The maximum absolute atomic E-state index is 12.8. The van der Waals surface area contributed by atoms with Gasteiger partial charge in [0.2, 0.25) is 11.7 Å². The molecule has 3 N–H and O–H groups in total. The van der Waals surface area contributed by atoms with Crippen molar-refractivity contribution in [1.29, 1.82) is 0 Å². The van der Waals surface area contributed by atoms with Crippen molar-refractivity contribution in [3.05, 3.63) is 48.0 Å². The molecule has 8 heteroatoms. The summed E-state index contributed by atoms with van der Waals surface area (Å²) in [6.45, 7) is 6.16. The van der Waals surface area contributed by atoms with E-state index in [-0.39, 0.29) is 29.7 Å². The van der Waals surface area contributed by atoms with Crippen LogP contribution in [-0.4, -0.2) is 39.1 Å². The van der Waals surface area contributed by atoms with Gasteiger partial charge in [0.15, 0.2) is 0 Å². The molecule has 2 amide bonds. The molecule has 0 bridgehead atoms. The molecule has 1 aliphatic carbocycles. The maximum Gasteiger partial charge on any atom is 0.288 e. The lowest BCUT2D eigenvalue weighted by atomic mass is 9.84. The standard InChI is InChI=1S/C27H35N5O3/c1-4-21(5-2)30-26(34)24-16-28-27(35-24)20-13-9-12-19(14-20)22-15-23(32-31-22)25(33)29-17(3)18-10-7-6-8-11-18/h9,12-18,21H,4-8,10-11H2,1-3H3,(H,29,33)(H,30,34)(H,31,32). The van der Waals surface area contributed by atoms with Crippen LogP contribution in [0.15, 0.2) is 40.9 Å². The van der Waals surface area contributed by atoms with Crippen LogP contribution in [0.2, 0.25) is 0 Å². The molecule has 1 saturated carbocycles. The van der Waals surface area contributed by atoms with E-state index in [1.54, 1.807) is 6.07 Å². The average molecular weight is 478 g/mol. The summed E-state index contributed by atoms with van der Waals surface area (Å²) >= 11 is 0. The van der Waals surface area contributed by atoms with Crippen LogP contribution in [0, 0.1) is 5.92 Å². The van der Waals surface area contributed by atoms with Crippen molar-refractivity contribution in [1.82, 2.24) is 25.8 Å². The van der Waals surface area contributed by atoms with Crippen LogP contribution < -0.4 is 10.6 Å². The zero-order chi connectivity index (χ0) is 24.8. The Hall–Kier alpha value is -3.42. The van der Waals surface area contributed by atoms with Crippen LogP contribution >= 0.6 is 0 Å². The summed E-state index contributed by atoms with van der Waals surface area (Å²) in [5, 5.41) is 13.3. The van der Waals surface area contributed by atoms with E-state index < -0.39 is 0 Å². The Morgan fingerprint density at radius 1 is 1.06 bits per heavy atom. The van der Waals surface area contributed by atoms with E-state index in [1.165, 1.54) is 38.3 Å². The highest BCUT2D eigenvalue weighted by Gasteiger charge is 2.23. The first-order valence-electron chi connectivity index (χ1n) is 12.7. The van der Waals surface area contributed by atoms with Gasteiger partial charge < -0.3 is 15.1 Å². The topological polar surface area (TPSA) is 113 Å². The predicted octanol–water partition coefficient (Wildman–Crippen LogP) is 5.35. The van der Waals surface area contributed by atoms with Crippen molar-refractivity contribution in [2.24, 2.45) is 5.92 Å². The van der Waals surface area contributed by atoms with Crippen LogP contribution in [0.1, 0.15) is 86.8 Å². The molecule has 0 saturated heterocycles. The van der Waals surface area contributed by atoms with Gasteiger partial charge in [-0.25, -0.2) is 4.98 Å². The number of benzene rings is 1. The number of rotatable bonds is 9. The number of nitrogens with one attached hydrogen (secondary N) is 3. The first-order valence-corrected chi connectivity index (χ1v) is 12.7. The lowest BCUT2D eigenvalue weighted by molar-refractivity contribution is 0.0902. The fourth-order valence-corrected chi connectivity index (χ4v) is 4.70. The van der Waals surface area contributed by atoms with Gasteiger partial charge in [-0.15, -0.1) is 0 Å². The van der Waals surface area contributed by atoms with Gasteiger partial charge in [-0.05, 0) is 56.7 Å². The molecular weight excluding hydrogens is 442 g/mol. The SMILES string of the molecule is CCC(CC)NC(=O)c1cnc(-c2cccc(-c3cc(C(=O)NC(C)C4CCCCC4)[nH]n3)c2)o1. The van der Waals surface area contributed by atoms with Gasteiger partial charge in [0.25, 0.3) is 11.8 Å². The van der Waals surface area contributed by atoms with E-state index >= 15 is 0 Å². The van der Waals surface area contributed by atoms with Gasteiger partial charge >= 0.3 is 0 Å². The molecule has 35 heavy (non-hydrogen) atoms. The molecule has 1 fully saturated rings. The molecule has 0 aliphatic heterocycles. The Morgan fingerprint density at radius 2 is 1.80 bits per heavy atom. The number of H-pyrrole nitrogens is 1. The summed E-state index contributed by atoms with van der Waals surface area (Å²) in [5.41, 5.74) is 2.63. The Bertz CT molecular complexity index is 1140. The fourth-order valence-electron chi connectivity index (χ4n) is 4.70. The summed E-state index contributed by atoms with van der Waals surface area (Å²) in [4.78, 5) is 29.5. The molecule has 0 spiro atoms. The molecular formula is C27H35N5O3. The zero-order valence-corrected chi connectivity index (χ0v) is 20.8. The van der Waals surface area contributed by atoms with Crippen molar-refractivity contribution in [2.75, 3.05) is 0 Å². The third kappa shape index (κ3) is 5.99. The molecule has 0 radical (unpaired) electrons. The normalized spacial score (nSPS) is 15.2. The number of hydrogen-bond donors (Lipinski definition) is 3. The van der Waals surface area contributed by atoms with Gasteiger partial charge in [-0.3, -0.25) is 14.7 Å². The number of carbonyl (C=O) groups excluding carboxylic acids is 2. The van der Waals surface area contributed by atoms with Crippen LogP contribution in [0.4, 0.5) is 0 Å². The van der Waals surface area contributed by atoms with Gasteiger partial charge in [0.05, 0.1) is 11.9 Å². The average Bonchev–Trinajstić information content (AvgIpc) is 3.58. The van der Waals surface area contributed by atoms with Crippen molar-refractivity contribution >= 4 is 11.8 Å². The van der Waals surface area contributed by atoms with Crippen LogP contribution in [0.3, 0.4) is 0 Å². The quantitative estimate of drug-likeness (QED) is 0.385. The highest BCUT2D eigenvalue weighted by molar-refractivity contribution is 5.93. The third-order valence-electron chi connectivity index (χ3n) is 6.99. The van der Waals surface area contributed by atoms with Gasteiger partial charge in [0, 0.05) is 23.2 Å². The van der Waals surface area contributed by atoms with E-state index in [9.17, 15) is 9.59 Å². The van der Waals surface area contributed by atoms with Crippen LogP contribution in [0.5, 0.6) is 0 Å². The molecule has 1 aliphatic rings. The molecule has 4 rings (SSSR count). The van der Waals surface area contributed by atoms with Gasteiger partial charge in [-0.2, -0.15) is 5.10 Å². The molecule has 2 heterocycles. The first-order chi connectivity index (χ1) is 17.0. The van der Waals surface area contributed by atoms with Crippen molar-refractivity contribution < 1.29 is 14.0 Å². The van der Waals surface area contributed by atoms with E-state index in [2.05, 4.69) is 32.7 Å². The number of aromatic amines is 1. The lowest BCUT2D eigenvalue weighted by Gasteiger charge is -2.28. The Balaban J connectivity index is 1.44. The van der Waals surface area contributed by atoms with E-state index in [1.807, 2.05) is 38.1 Å². The molecule has 1 unspecified atom stereocenters. The minimum Gasteiger partial charge on any atom is -0.431 e. The second-order valence-corrected chi connectivity index (χ2v) is 9.42. The summed E-state index contributed by atoms with van der Waals surface area (Å²) in [6.07, 6.45) is 9.27. The van der Waals surface area contributed by atoms with Crippen molar-refractivity contribution in [3.8, 4) is 22.7 Å². The number of carbonyl (C=O) groups is 2. The second kappa shape index (κ2) is 11.3. The molecule has 8 nitrogen and oxygen atoms in total. The first kappa shape index (κ1) is 24.7. The van der Waals surface area contributed by atoms with Gasteiger partial charge in [-0.1, -0.05) is 45.2 Å². The zero-order valence-electron chi connectivity index (χ0n) is 20.8. The van der Waals surface area contributed by atoms with Crippen molar-refractivity contribution in [3.63, 3.8) is 0 Å². The summed E-state index contributed by atoms with van der Waals surface area (Å²) in [5.74, 6) is 0.673. The summed E-state index contributed by atoms with van der Waals surface area (Å²) in [7, 11) is 0. The van der Waals surface area contributed by atoms with Gasteiger partial charge in [0.1, 0.15) is 5.69 Å². The minimum atomic E-state index is -0.265. The number of nitrogens with zero attached hydrogens (tertiary/aromatic N) is 2. The fraction of sp³-hybridized carbons (Fsp3) is 0.481. The number of aromatic nitrogens is 3. The Kier molecular flexibility index (Phi) is 8.00. The highest BCUT2D eigenvalue weighted by Crippen LogP contribution is 2.27. The summed E-state index contributed by atoms with van der Waals surface area (Å²) in [6, 6.07) is 9.54. The highest BCUT2D eigenvalue weighted by atomic mass is 16.4. The number of hydrogen-bond acceptors (Lipinski definition) is 5. The number of amides is 2. The lowest BCUT2D eigenvalue weighted by Crippen LogP contribution is -2.39. The second-order valence-electron chi connectivity index (χ2n) is 9.42. The molecule has 3 aromatic rings. The monoisotopic (exact) mass is 477 g/mol. The molecule has 2 aromatic heterocycles. The third-order valence-corrected chi connectivity index (χ3v) is 6.99. The predicted molar refractivity (Wildman–Crippen MR) is 135 cm³/mol. The smallest absolute Gasteiger partial charge is 0.288 e. The minimum absolute atomic E-state index is 0.107. The molecule has 186 valence electrons. The Morgan fingerprint density at radius 3 is 2.54 bits per heavy atom. The Labute approximate surface area is 206 Å². The van der Waals surface area contributed by atoms with E-state index in [0.717, 1.165) is 24.0 Å².